The summed E-state index contributed by atoms with van der Waals surface area (Å²) in [6.45, 7) is 5.51. The zero-order chi connectivity index (χ0) is 20.9. The van der Waals surface area contributed by atoms with E-state index in [1.165, 1.54) is 0 Å². The maximum atomic E-state index is 12.8. The number of rotatable bonds is 4. The molecule has 2 amide bonds. The number of morpholine rings is 1. The number of hydrogen-bond donors (Lipinski definition) is 0. The van der Waals surface area contributed by atoms with Gasteiger partial charge in [-0.1, -0.05) is 6.07 Å². The number of aryl methyl sites for hydroxylation is 1. The number of likely N-dealkylation sites (tertiary alicyclic amines) is 1. The number of amides is 2. The maximum Gasteiger partial charge on any atom is 0.257 e. The molecule has 0 aliphatic carbocycles. The molecule has 0 spiro atoms. The Bertz CT molecular complexity index is 899. The molecule has 4 rings (SSSR count). The number of aromatic nitrogens is 3. The second-order valence-corrected chi connectivity index (χ2v) is 7.81. The molecular weight excluding hydrogens is 382 g/mol. The lowest BCUT2D eigenvalue weighted by Crippen LogP contribution is -2.41. The van der Waals surface area contributed by atoms with Gasteiger partial charge in [-0.25, -0.2) is 9.97 Å². The van der Waals surface area contributed by atoms with Gasteiger partial charge < -0.3 is 14.5 Å². The first-order valence-electron chi connectivity index (χ1n) is 10.5. The van der Waals surface area contributed by atoms with Gasteiger partial charge in [0, 0.05) is 50.2 Å². The fraction of sp³-hybridized carbons (Fsp3) is 0.500. The first kappa shape index (κ1) is 20.4. The largest absolute Gasteiger partial charge is 0.378 e. The van der Waals surface area contributed by atoms with Crippen LogP contribution in [-0.2, 0) is 16.0 Å². The van der Waals surface area contributed by atoms with Crippen molar-refractivity contribution in [3.63, 3.8) is 0 Å². The van der Waals surface area contributed by atoms with Crippen molar-refractivity contribution in [3.05, 3.63) is 53.4 Å². The molecule has 158 valence electrons. The van der Waals surface area contributed by atoms with E-state index in [4.69, 9.17) is 4.74 Å². The number of hydrogen-bond acceptors (Lipinski definition) is 6. The van der Waals surface area contributed by atoms with E-state index in [2.05, 4.69) is 15.0 Å². The number of ether oxygens (including phenoxy) is 1. The van der Waals surface area contributed by atoms with E-state index in [1.807, 2.05) is 30.0 Å². The number of carbonyl (C=O) groups excluding carboxylic acids is 2. The standard InChI is InChI=1S/C22H27N5O3/c1-16-19(22(29)26-9-11-30-12-10-26)14-24-21(25-16)17-5-4-8-27(15-17)20(28)13-18-6-2-3-7-23-18/h2-3,6-7,14,17H,4-5,8-13,15H2,1H3/t17-/m0/s1. The second-order valence-electron chi connectivity index (χ2n) is 7.81. The molecule has 2 aromatic rings. The smallest absolute Gasteiger partial charge is 0.257 e. The van der Waals surface area contributed by atoms with E-state index in [-0.39, 0.29) is 17.7 Å². The van der Waals surface area contributed by atoms with Gasteiger partial charge in [-0.3, -0.25) is 14.6 Å². The molecule has 0 radical (unpaired) electrons. The molecule has 8 nitrogen and oxygen atoms in total. The van der Waals surface area contributed by atoms with E-state index in [9.17, 15) is 9.59 Å². The fourth-order valence-corrected chi connectivity index (χ4v) is 4.01. The van der Waals surface area contributed by atoms with Gasteiger partial charge in [0.25, 0.3) is 5.91 Å². The Kier molecular flexibility index (Phi) is 6.32. The van der Waals surface area contributed by atoms with Gasteiger partial charge in [0.15, 0.2) is 0 Å². The Labute approximate surface area is 176 Å². The molecule has 0 aromatic carbocycles. The third-order valence-corrected chi connectivity index (χ3v) is 5.72. The van der Waals surface area contributed by atoms with Crippen LogP contribution in [0.2, 0.25) is 0 Å². The number of piperidine rings is 1. The summed E-state index contributed by atoms with van der Waals surface area (Å²) in [6.07, 6.45) is 5.50. The van der Waals surface area contributed by atoms with Gasteiger partial charge in [-0.05, 0) is 31.9 Å². The van der Waals surface area contributed by atoms with Gasteiger partial charge in [0.05, 0.1) is 30.9 Å². The predicted molar refractivity (Wildman–Crippen MR) is 110 cm³/mol. The Morgan fingerprint density at radius 3 is 2.70 bits per heavy atom. The first-order chi connectivity index (χ1) is 14.6. The zero-order valence-electron chi connectivity index (χ0n) is 17.3. The minimum absolute atomic E-state index is 0.0434. The molecule has 0 unspecified atom stereocenters. The molecule has 2 saturated heterocycles. The molecule has 30 heavy (non-hydrogen) atoms. The van der Waals surface area contributed by atoms with E-state index >= 15 is 0 Å². The van der Waals surface area contributed by atoms with Crippen LogP contribution in [0.4, 0.5) is 0 Å². The van der Waals surface area contributed by atoms with Crippen LogP contribution in [0.3, 0.4) is 0 Å². The van der Waals surface area contributed by atoms with E-state index in [0.717, 1.165) is 25.1 Å². The minimum atomic E-state index is -0.0434. The van der Waals surface area contributed by atoms with Gasteiger partial charge in [-0.2, -0.15) is 0 Å². The van der Waals surface area contributed by atoms with Crippen LogP contribution >= 0.6 is 0 Å². The molecule has 2 aliphatic heterocycles. The molecule has 2 fully saturated rings. The van der Waals surface area contributed by atoms with Crippen LogP contribution in [0.25, 0.3) is 0 Å². The molecule has 0 saturated carbocycles. The van der Waals surface area contributed by atoms with Crippen molar-refractivity contribution in [1.82, 2.24) is 24.8 Å². The number of pyridine rings is 1. The topological polar surface area (TPSA) is 88.5 Å². The zero-order valence-corrected chi connectivity index (χ0v) is 17.3. The van der Waals surface area contributed by atoms with Crippen LogP contribution in [0.1, 0.15) is 46.3 Å². The highest BCUT2D eigenvalue weighted by atomic mass is 16.5. The van der Waals surface area contributed by atoms with Crippen LogP contribution < -0.4 is 0 Å². The Morgan fingerprint density at radius 1 is 1.13 bits per heavy atom. The van der Waals surface area contributed by atoms with E-state index < -0.39 is 0 Å². The molecular formula is C22H27N5O3. The first-order valence-corrected chi connectivity index (χ1v) is 10.5. The van der Waals surface area contributed by atoms with E-state index in [1.54, 1.807) is 17.3 Å². The van der Waals surface area contributed by atoms with Crippen molar-refractivity contribution in [3.8, 4) is 0 Å². The summed E-state index contributed by atoms with van der Waals surface area (Å²) in [5.74, 6) is 0.825. The SMILES string of the molecule is Cc1nc([C@H]2CCCN(C(=O)Cc3ccccn3)C2)ncc1C(=O)N1CCOCC1. The Morgan fingerprint density at radius 2 is 1.97 bits per heavy atom. The normalized spacial score (nSPS) is 19.6. The lowest BCUT2D eigenvalue weighted by molar-refractivity contribution is -0.131. The molecule has 1 atom stereocenters. The van der Waals surface area contributed by atoms with Gasteiger partial charge in [-0.15, -0.1) is 0 Å². The average molecular weight is 409 g/mol. The van der Waals surface area contributed by atoms with Crippen molar-refractivity contribution in [2.24, 2.45) is 0 Å². The Hall–Kier alpha value is -2.87. The molecule has 2 aromatic heterocycles. The molecule has 8 heteroatoms. The van der Waals surface area contributed by atoms with Gasteiger partial charge >= 0.3 is 0 Å². The summed E-state index contributed by atoms with van der Waals surface area (Å²) < 4.78 is 5.32. The summed E-state index contributed by atoms with van der Waals surface area (Å²) in [4.78, 5) is 42.6. The summed E-state index contributed by atoms with van der Waals surface area (Å²) >= 11 is 0. The van der Waals surface area contributed by atoms with E-state index in [0.29, 0.717) is 56.4 Å². The summed E-state index contributed by atoms with van der Waals surface area (Å²) in [5, 5.41) is 0. The average Bonchev–Trinajstić information content (AvgIpc) is 2.80. The highest BCUT2D eigenvalue weighted by Crippen LogP contribution is 2.25. The molecule has 0 N–H and O–H groups in total. The summed E-state index contributed by atoms with van der Waals surface area (Å²) in [7, 11) is 0. The van der Waals surface area contributed by atoms with Crippen molar-refractivity contribution in [2.45, 2.75) is 32.1 Å². The Balaban J connectivity index is 1.42. The maximum absolute atomic E-state index is 12.8. The van der Waals surface area contributed by atoms with Gasteiger partial charge in [0.2, 0.25) is 5.91 Å². The second kappa shape index (κ2) is 9.30. The number of carbonyl (C=O) groups is 2. The molecule has 2 aliphatic rings. The molecule has 4 heterocycles. The third-order valence-electron chi connectivity index (χ3n) is 5.72. The van der Waals surface area contributed by atoms with Crippen molar-refractivity contribution in [1.29, 1.82) is 0 Å². The lowest BCUT2D eigenvalue weighted by atomic mass is 9.96. The lowest BCUT2D eigenvalue weighted by Gasteiger charge is -2.32. The molecule has 0 bridgehead atoms. The van der Waals surface area contributed by atoms with Crippen molar-refractivity contribution < 1.29 is 14.3 Å². The van der Waals surface area contributed by atoms with Gasteiger partial charge in [0.1, 0.15) is 5.82 Å². The van der Waals surface area contributed by atoms with Crippen LogP contribution in [0.15, 0.2) is 30.6 Å². The summed E-state index contributed by atoms with van der Waals surface area (Å²) in [6, 6.07) is 5.61. The quantitative estimate of drug-likeness (QED) is 0.762. The highest BCUT2D eigenvalue weighted by molar-refractivity contribution is 5.95. The monoisotopic (exact) mass is 409 g/mol. The van der Waals surface area contributed by atoms with Crippen molar-refractivity contribution in [2.75, 3.05) is 39.4 Å². The predicted octanol–water partition coefficient (Wildman–Crippen LogP) is 1.60. The highest BCUT2D eigenvalue weighted by Gasteiger charge is 2.28. The fourth-order valence-electron chi connectivity index (χ4n) is 4.01. The number of nitrogens with zero attached hydrogens (tertiary/aromatic N) is 5. The van der Waals surface area contributed by atoms with Crippen LogP contribution in [0, 0.1) is 6.92 Å². The van der Waals surface area contributed by atoms with Crippen LogP contribution in [-0.4, -0.2) is 76.0 Å². The minimum Gasteiger partial charge on any atom is -0.378 e. The third kappa shape index (κ3) is 4.64. The summed E-state index contributed by atoms with van der Waals surface area (Å²) in [5.41, 5.74) is 2.01. The van der Waals surface area contributed by atoms with Crippen LogP contribution in [0.5, 0.6) is 0 Å². The van der Waals surface area contributed by atoms with Crippen molar-refractivity contribution >= 4 is 11.8 Å².